The Morgan fingerprint density at radius 3 is 2.14 bits per heavy atom. The van der Waals surface area contributed by atoms with Crippen LogP contribution in [0.1, 0.15) is 30.0 Å². The number of para-hydroxylation sites is 1. The SMILES string of the molecule is COc1ccc(NC(=O)C(C)(C)Sc2ccc(NC(=O)C(=Cc3ccc(-c4ccccc4OC)o3)NC(=O)c3ccccc3)cc2)cc1Cl. The fraction of sp³-hybridized carbons (Fsp3) is 0.132. The largest absolute Gasteiger partial charge is 0.496 e. The zero-order valence-electron chi connectivity index (χ0n) is 27.2. The lowest BCUT2D eigenvalue weighted by molar-refractivity contribution is -0.117. The van der Waals surface area contributed by atoms with E-state index in [0.717, 1.165) is 10.5 Å². The smallest absolute Gasteiger partial charge is 0.272 e. The number of carbonyl (C=O) groups is 3. The van der Waals surface area contributed by atoms with Crippen LogP contribution in [0.25, 0.3) is 17.4 Å². The zero-order valence-corrected chi connectivity index (χ0v) is 28.8. The molecule has 0 saturated carbocycles. The number of hydrogen-bond acceptors (Lipinski definition) is 7. The number of methoxy groups -OCH3 is 2. The van der Waals surface area contributed by atoms with Gasteiger partial charge in [-0.05, 0) is 92.7 Å². The predicted octanol–water partition coefficient (Wildman–Crippen LogP) is 8.54. The van der Waals surface area contributed by atoms with Gasteiger partial charge in [-0.15, -0.1) is 11.8 Å². The quantitative estimate of drug-likeness (QED) is 0.0884. The Hall–Kier alpha value is -5.45. The van der Waals surface area contributed by atoms with E-state index in [1.54, 1.807) is 92.0 Å². The molecule has 4 aromatic carbocycles. The molecule has 0 fully saturated rings. The van der Waals surface area contributed by atoms with Crippen LogP contribution < -0.4 is 25.4 Å². The summed E-state index contributed by atoms with van der Waals surface area (Å²) < 4.78 is 15.8. The summed E-state index contributed by atoms with van der Waals surface area (Å²) in [5, 5.41) is 8.85. The lowest BCUT2D eigenvalue weighted by Crippen LogP contribution is -2.33. The van der Waals surface area contributed by atoms with Crippen molar-refractivity contribution in [2.75, 3.05) is 24.9 Å². The Bertz CT molecular complexity index is 1990. The number of thioether (sulfide) groups is 1. The number of carbonyl (C=O) groups excluding carboxylic acids is 3. The average molecular weight is 696 g/mol. The van der Waals surface area contributed by atoms with Crippen LogP contribution >= 0.6 is 23.4 Å². The Morgan fingerprint density at radius 2 is 1.45 bits per heavy atom. The first-order valence-electron chi connectivity index (χ1n) is 15.1. The monoisotopic (exact) mass is 695 g/mol. The summed E-state index contributed by atoms with van der Waals surface area (Å²) in [4.78, 5) is 40.6. The van der Waals surface area contributed by atoms with Crippen molar-refractivity contribution in [3.8, 4) is 22.8 Å². The lowest BCUT2D eigenvalue weighted by atomic mass is 10.1. The van der Waals surface area contributed by atoms with E-state index in [1.807, 2.05) is 38.1 Å². The number of amides is 3. The van der Waals surface area contributed by atoms with Crippen molar-refractivity contribution in [3.05, 3.63) is 131 Å². The highest BCUT2D eigenvalue weighted by Crippen LogP contribution is 2.35. The molecule has 49 heavy (non-hydrogen) atoms. The zero-order chi connectivity index (χ0) is 35.0. The van der Waals surface area contributed by atoms with Gasteiger partial charge in [-0.25, -0.2) is 0 Å². The third kappa shape index (κ3) is 8.92. The Kier molecular flexibility index (Phi) is 11.1. The first-order valence-corrected chi connectivity index (χ1v) is 16.3. The summed E-state index contributed by atoms with van der Waals surface area (Å²) in [6, 6.07) is 31.6. The van der Waals surface area contributed by atoms with Crippen molar-refractivity contribution in [1.82, 2.24) is 5.32 Å². The Balaban J connectivity index is 1.30. The molecule has 0 atom stereocenters. The first kappa shape index (κ1) is 34.9. The fourth-order valence-corrected chi connectivity index (χ4v) is 5.94. The number of rotatable bonds is 12. The number of hydrogen-bond donors (Lipinski definition) is 3. The van der Waals surface area contributed by atoms with E-state index in [1.165, 1.54) is 24.9 Å². The van der Waals surface area contributed by atoms with Gasteiger partial charge < -0.3 is 29.8 Å². The van der Waals surface area contributed by atoms with E-state index >= 15 is 0 Å². The molecule has 9 nitrogen and oxygen atoms in total. The highest BCUT2D eigenvalue weighted by Gasteiger charge is 2.29. The van der Waals surface area contributed by atoms with Crippen molar-refractivity contribution in [2.45, 2.75) is 23.5 Å². The molecule has 0 radical (unpaired) electrons. The maximum absolute atomic E-state index is 13.6. The van der Waals surface area contributed by atoms with Gasteiger partial charge in [0, 0.05) is 27.9 Å². The van der Waals surface area contributed by atoms with Gasteiger partial charge in [-0.1, -0.05) is 41.9 Å². The average Bonchev–Trinajstić information content (AvgIpc) is 3.57. The van der Waals surface area contributed by atoms with Crippen molar-refractivity contribution in [1.29, 1.82) is 0 Å². The van der Waals surface area contributed by atoms with Crippen molar-refractivity contribution < 1.29 is 28.3 Å². The first-order chi connectivity index (χ1) is 23.6. The van der Waals surface area contributed by atoms with Crippen LogP contribution in [0.4, 0.5) is 11.4 Å². The van der Waals surface area contributed by atoms with Gasteiger partial charge in [-0.2, -0.15) is 0 Å². The molecule has 0 unspecified atom stereocenters. The molecule has 5 rings (SSSR count). The van der Waals surface area contributed by atoms with Gasteiger partial charge in [0.05, 0.1) is 29.6 Å². The molecule has 0 saturated heterocycles. The number of furan rings is 1. The minimum Gasteiger partial charge on any atom is -0.496 e. The van der Waals surface area contributed by atoms with E-state index in [0.29, 0.717) is 45.0 Å². The molecule has 0 aliphatic rings. The van der Waals surface area contributed by atoms with Crippen LogP contribution in [0.15, 0.2) is 124 Å². The third-order valence-electron chi connectivity index (χ3n) is 7.26. The molecule has 0 aliphatic carbocycles. The van der Waals surface area contributed by atoms with Crippen molar-refractivity contribution >= 4 is 58.5 Å². The van der Waals surface area contributed by atoms with E-state index in [2.05, 4.69) is 16.0 Å². The van der Waals surface area contributed by atoms with Gasteiger partial charge >= 0.3 is 0 Å². The molecule has 0 aliphatic heterocycles. The number of anilines is 2. The van der Waals surface area contributed by atoms with E-state index in [-0.39, 0.29) is 11.6 Å². The minimum atomic E-state index is -0.847. The maximum atomic E-state index is 13.6. The van der Waals surface area contributed by atoms with Crippen LogP contribution in [-0.4, -0.2) is 36.7 Å². The minimum absolute atomic E-state index is 0.0235. The number of halogens is 1. The van der Waals surface area contributed by atoms with Crippen LogP contribution in [0, 0.1) is 0 Å². The molecular weight excluding hydrogens is 662 g/mol. The molecule has 3 N–H and O–H groups in total. The van der Waals surface area contributed by atoms with Gasteiger partial charge in [0.15, 0.2) is 0 Å². The molecule has 1 aromatic heterocycles. The van der Waals surface area contributed by atoms with Gasteiger partial charge in [0.2, 0.25) is 5.91 Å². The Labute approximate surface area is 293 Å². The molecule has 11 heteroatoms. The molecule has 0 spiro atoms. The van der Waals surface area contributed by atoms with E-state index < -0.39 is 16.6 Å². The molecule has 250 valence electrons. The second-order valence-corrected chi connectivity index (χ2v) is 13.3. The summed E-state index contributed by atoms with van der Waals surface area (Å²) in [6.45, 7) is 3.63. The summed E-state index contributed by atoms with van der Waals surface area (Å²) >= 11 is 7.57. The highest BCUT2D eigenvalue weighted by atomic mass is 35.5. The van der Waals surface area contributed by atoms with Crippen LogP contribution in [0.3, 0.4) is 0 Å². The number of ether oxygens (including phenoxy) is 2. The molecular formula is C38H34ClN3O6S. The number of benzene rings is 4. The second kappa shape index (κ2) is 15.6. The molecule has 3 amide bonds. The van der Waals surface area contributed by atoms with Crippen molar-refractivity contribution in [2.24, 2.45) is 0 Å². The molecule has 0 bridgehead atoms. The third-order valence-corrected chi connectivity index (χ3v) is 8.76. The molecule has 1 heterocycles. The maximum Gasteiger partial charge on any atom is 0.272 e. The van der Waals surface area contributed by atoms with Gasteiger partial charge in [0.25, 0.3) is 11.8 Å². The normalized spacial score (nSPS) is 11.4. The standard InChI is InChI=1S/C38H34ClN3O6S/c1-38(2,37(45)41-26-16-20-34(47-4)30(39)22-26)49-28-18-14-25(15-19-28)40-36(44)31(42-35(43)24-10-6-5-7-11-24)23-27-17-21-33(48-27)29-12-8-9-13-32(29)46-3/h5-23H,1-4H3,(H,40,44)(H,41,45)(H,42,43). The summed E-state index contributed by atoms with van der Waals surface area (Å²) in [5.41, 5.74) is 2.14. The van der Waals surface area contributed by atoms with Crippen LogP contribution in [0.5, 0.6) is 11.5 Å². The summed E-state index contributed by atoms with van der Waals surface area (Å²) in [7, 11) is 3.10. The number of nitrogens with one attached hydrogen (secondary N) is 3. The second-order valence-electron chi connectivity index (χ2n) is 11.2. The van der Waals surface area contributed by atoms with E-state index in [9.17, 15) is 14.4 Å². The van der Waals surface area contributed by atoms with E-state index in [4.69, 9.17) is 25.5 Å². The molecule has 5 aromatic rings. The topological polar surface area (TPSA) is 119 Å². The summed E-state index contributed by atoms with van der Waals surface area (Å²) in [6.07, 6.45) is 1.47. The van der Waals surface area contributed by atoms with Gasteiger partial charge in [0.1, 0.15) is 28.7 Å². The highest BCUT2D eigenvalue weighted by molar-refractivity contribution is 8.01. The summed E-state index contributed by atoms with van der Waals surface area (Å²) in [5.74, 6) is 0.808. The van der Waals surface area contributed by atoms with Crippen LogP contribution in [0.2, 0.25) is 5.02 Å². The van der Waals surface area contributed by atoms with Gasteiger partial charge in [-0.3, -0.25) is 14.4 Å². The fourth-order valence-electron chi connectivity index (χ4n) is 4.68. The van der Waals surface area contributed by atoms with Crippen LogP contribution in [-0.2, 0) is 9.59 Å². The predicted molar refractivity (Wildman–Crippen MR) is 194 cm³/mol. The van der Waals surface area contributed by atoms with Crippen molar-refractivity contribution in [3.63, 3.8) is 0 Å². The Morgan fingerprint density at radius 1 is 0.776 bits per heavy atom. The lowest BCUT2D eigenvalue weighted by Gasteiger charge is -2.23.